The van der Waals surface area contributed by atoms with E-state index < -0.39 is 0 Å². The number of hydrogen-bond donors (Lipinski definition) is 0. The maximum absolute atomic E-state index is 5.41. The summed E-state index contributed by atoms with van der Waals surface area (Å²) in [5.74, 6) is 1.69. The van der Waals surface area contributed by atoms with Crippen molar-refractivity contribution in [1.82, 2.24) is 9.13 Å². The molecule has 0 radical (unpaired) electrons. The molecule has 0 amide bonds. The van der Waals surface area contributed by atoms with Gasteiger partial charge in [-0.1, -0.05) is 49.1 Å². The van der Waals surface area contributed by atoms with Gasteiger partial charge in [0, 0.05) is 33.2 Å². The second-order valence-corrected chi connectivity index (χ2v) is 10.7. The zero-order valence-corrected chi connectivity index (χ0v) is 24.5. The van der Waals surface area contributed by atoms with E-state index in [1.165, 1.54) is 43.9 Å². The van der Waals surface area contributed by atoms with Gasteiger partial charge in [0.15, 0.2) is 0 Å². The summed E-state index contributed by atoms with van der Waals surface area (Å²) in [5.41, 5.74) is 10.4. The molecule has 4 heteroatoms. The predicted octanol–water partition coefficient (Wildman–Crippen LogP) is 9.92. The first-order valence-electron chi connectivity index (χ1n) is 14.4. The molecule has 0 bridgehead atoms. The summed E-state index contributed by atoms with van der Waals surface area (Å²) < 4.78 is 15.4. The first-order valence-corrected chi connectivity index (χ1v) is 14.4. The molecule has 0 fully saturated rings. The van der Waals surface area contributed by atoms with Crippen LogP contribution < -0.4 is 9.47 Å². The average Bonchev–Trinajstić information content (AvgIpc) is 3.54. The molecule has 0 aliphatic heterocycles. The molecule has 0 unspecified atom stereocenters. The van der Waals surface area contributed by atoms with E-state index in [4.69, 9.17) is 9.47 Å². The summed E-state index contributed by atoms with van der Waals surface area (Å²) >= 11 is 0. The summed E-state index contributed by atoms with van der Waals surface area (Å²) in [7, 11) is 3.39. The van der Waals surface area contributed by atoms with Crippen molar-refractivity contribution in [3.05, 3.63) is 139 Å². The highest BCUT2D eigenvalue weighted by Crippen LogP contribution is 2.38. The lowest BCUT2D eigenvalue weighted by Crippen LogP contribution is -1.97. The van der Waals surface area contributed by atoms with Crippen LogP contribution >= 0.6 is 0 Å². The van der Waals surface area contributed by atoms with Crippen molar-refractivity contribution in [2.24, 2.45) is 0 Å². The Morgan fingerprint density at radius 3 is 1.72 bits per heavy atom. The Morgan fingerprint density at radius 2 is 1.12 bits per heavy atom. The SMILES string of the molecule is C=C/C=C\c1c(C)c2cc(-c3ccc4c(c3)c3ccccc3n4-c3ccc(OC)cc3)ccc2n1-c1ccc(OC)cc1. The summed E-state index contributed by atoms with van der Waals surface area (Å²) in [5, 5.41) is 3.68. The van der Waals surface area contributed by atoms with E-state index in [1.807, 2.05) is 36.4 Å². The standard InChI is InChI=1S/C39H32N2O2/c1-5-6-10-36-26(2)34-24-27(12-22-38(34)40(36)29-14-18-31(42-3)19-15-29)28-13-23-39-35(25-28)33-9-7-8-11-37(33)41(39)30-16-20-32(43-4)21-17-30/h5-25H,1H2,2-4H3/b10-6-. The van der Waals surface area contributed by atoms with Crippen LogP contribution in [0.4, 0.5) is 0 Å². The zero-order chi connectivity index (χ0) is 29.5. The van der Waals surface area contributed by atoms with Crippen molar-refractivity contribution >= 4 is 38.8 Å². The van der Waals surface area contributed by atoms with Gasteiger partial charge in [-0.05, 0) is 109 Å². The molecule has 0 atom stereocenters. The van der Waals surface area contributed by atoms with Crippen molar-refractivity contribution in [3.63, 3.8) is 0 Å². The predicted molar refractivity (Wildman–Crippen MR) is 180 cm³/mol. The number of aryl methyl sites for hydroxylation is 1. The van der Waals surface area contributed by atoms with Gasteiger partial charge in [-0.2, -0.15) is 0 Å². The van der Waals surface area contributed by atoms with Crippen LogP contribution in [0.1, 0.15) is 11.3 Å². The maximum Gasteiger partial charge on any atom is 0.119 e. The van der Waals surface area contributed by atoms with Crippen LogP contribution in [0, 0.1) is 6.92 Å². The third-order valence-corrected chi connectivity index (χ3v) is 8.32. The molecule has 0 aliphatic carbocycles. The minimum Gasteiger partial charge on any atom is -0.497 e. The summed E-state index contributed by atoms with van der Waals surface area (Å²) in [4.78, 5) is 0. The van der Waals surface area contributed by atoms with Gasteiger partial charge in [0.1, 0.15) is 11.5 Å². The summed E-state index contributed by atoms with van der Waals surface area (Å²) in [6, 6.07) is 38.7. The Balaban J connectivity index is 1.40. The fourth-order valence-electron chi connectivity index (χ4n) is 6.18. The molecule has 210 valence electrons. The van der Waals surface area contributed by atoms with Crippen LogP contribution in [0.3, 0.4) is 0 Å². The van der Waals surface area contributed by atoms with Crippen LogP contribution in [0.5, 0.6) is 11.5 Å². The molecule has 0 saturated heterocycles. The van der Waals surface area contributed by atoms with Crippen molar-refractivity contribution < 1.29 is 9.47 Å². The number of allylic oxidation sites excluding steroid dienone is 2. The normalized spacial score (nSPS) is 11.6. The first-order chi connectivity index (χ1) is 21.1. The molecule has 2 heterocycles. The molecule has 0 aliphatic rings. The molecule has 0 N–H and O–H groups in total. The number of benzene rings is 5. The lowest BCUT2D eigenvalue weighted by atomic mass is 10.0. The number of aromatic nitrogens is 2. The monoisotopic (exact) mass is 560 g/mol. The number of ether oxygens (including phenoxy) is 2. The van der Waals surface area contributed by atoms with E-state index in [9.17, 15) is 0 Å². The Labute approximate surface area is 251 Å². The third-order valence-electron chi connectivity index (χ3n) is 8.32. The van der Waals surface area contributed by atoms with Gasteiger partial charge in [0.05, 0.1) is 30.8 Å². The molecule has 0 spiro atoms. The molecular weight excluding hydrogens is 528 g/mol. The molecular formula is C39H32N2O2. The molecule has 5 aromatic carbocycles. The molecule has 2 aromatic heterocycles. The Hall–Kier alpha value is -5.48. The van der Waals surface area contributed by atoms with Crippen LogP contribution in [-0.4, -0.2) is 23.4 Å². The van der Waals surface area contributed by atoms with Crippen LogP contribution in [0.25, 0.3) is 61.3 Å². The van der Waals surface area contributed by atoms with Gasteiger partial charge >= 0.3 is 0 Å². The number of fused-ring (bicyclic) bond motifs is 4. The number of hydrogen-bond acceptors (Lipinski definition) is 2. The number of nitrogens with zero attached hydrogens (tertiary/aromatic N) is 2. The highest BCUT2D eigenvalue weighted by molar-refractivity contribution is 6.10. The Morgan fingerprint density at radius 1 is 0.581 bits per heavy atom. The van der Waals surface area contributed by atoms with E-state index in [0.717, 1.165) is 34.1 Å². The van der Waals surface area contributed by atoms with E-state index >= 15 is 0 Å². The van der Waals surface area contributed by atoms with Gasteiger partial charge in [-0.15, -0.1) is 0 Å². The Bertz CT molecular complexity index is 2160. The zero-order valence-electron chi connectivity index (χ0n) is 24.5. The van der Waals surface area contributed by atoms with E-state index in [2.05, 4.69) is 114 Å². The lowest BCUT2D eigenvalue weighted by Gasteiger charge is -2.11. The first kappa shape index (κ1) is 26.4. The fraction of sp³-hybridized carbons (Fsp3) is 0.0769. The molecule has 0 saturated carbocycles. The molecule has 7 aromatic rings. The number of methoxy groups -OCH3 is 2. The smallest absolute Gasteiger partial charge is 0.119 e. The van der Waals surface area contributed by atoms with E-state index in [0.29, 0.717) is 0 Å². The van der Waals surface area contributed by atoms with Gasteiger partial charge in [0.2, 0.25) is 0 Å². The maximum atomic E-state index is 5.41. The minimum absolute atomic E-state index is 0.839. The lowest BCUT2D eigenvalue weighted by molar-refractivity contribution is 0.414. The van der Waals surface area contributed by atoms with Crippen molar-refractivity contribution in [3.8, 4) is 34.0 Å². The van der Waals surface area contributed by atoms with Crippen LogP contribution in [-0.2, 0) is 0 Å². The van der Waals surface area contributed by atoms with Crippen LogP contribution in [0.2, 0.25) is 0 Å². The fourth-order valence-corrected chi connectivity index (χ4v) is 6.18. The summed E-state index contributed by atoms with van der Waals surface area (Å²) in [6.07, 6.45) is 5.94. The van der Waals surface area contributed by atoms with Gasteiger partial charge in [-0.25, -0.2) is 0 Å². The van der Waals surface area contributed by atoms with E-state index in [1.54, 1.807) is 14.2 Å². The minimum atomic E-state index is 0.839. The van der Waals surface area contributed by atoms with Crippen LogP contribution in [0.15, 0.2) is 128 Å². The van der Waals surface area contributed by atoms with Crippen molar-refractivity contribution in [1.29, 1.82) is 0 Å². The number of rotatable bonds is 7. The average molecular weight is 561 g/mol. The third kappa shape index (κ3) is 4.39. The number of para-hydroxylation sites is 1. The highest BCUT2D eigenvalue weighted by atomic mass is 16.5. The molecule has 43 heavy (non-hydrogen) atoms. The van der Waals surface area contributed by atoms with Gasteiger partial charge in [-0.3, -0.25) is 0 Å². The second-order valence-electron chi connectivity index (χ2n) is 10.7. The highest BCUT2D eigenvalue weighted by Gasteiger charge is 2.17. The van der Waals surface area contributed by atoms with Gasteiger partial charge < -0.3 is 18.6 Å². The van der Waals surface area contributed by atoms with Gasteiger partial charge in [0.25, 0.3) is 0 Å². The Kier molecular flexibility index (Phi) is 6.59. The largest absolute Gasteiger partial charge is 0.497 e. The van der Waals surface area contributed by atoms with Crippen molar-refractivity contribution in [2.45, 2.75) is 6.92 Å². The van der Waals surface area contributed by atoms with E-state index in [-0.39, 0.29) is 0 Å². The van der Waals surface area contributed by atoms with Crippen molar-refractivity contribution in [2.75, 3.05) is 14.2 Å². The second kappa shape index (κ2) is 10.7. The molecule has 4 nitrogen and oxygen atoms in total. The topological polar surface area (TPSA) is 28.3 Å². The molecule has 7 rings (SSSR count). The summed E-state index contributed by atoms with van der Waals surface area (Å²) in [6.45, 7) is 6.09. The quantitative estimate of drug-likeness (QED) is 0.182.